The summed E-state index contributed by atoms with van der Waals surface area (Å²) < 4.78 is 42.2. The van der Waals surface area contributed by atoms with Gasteiger partial charge in [0, 0.05) is 29.5 Å². The van der Waals surface area contributed by atoms with Crippen molar-refractivity contribution < 1.29 is 22.9 Å². The number of thioether (sulfide) groups is 1. The lowest BCUT2D eigenvalue weighted by atomic mass is 10.1. The number of carbonyl (C=O) groups is 1. The minimum Gasteiger partial charge on any atom is -0.325 e. The number of benzene rings is 1. The molecule has 1 saturated carbocycles. The molecule has 1 aromatic carbocycles. The second-order valence-electron chi connectivity index (χ2n) is 7.49. The fourth-order valence-electron chi connectivity index (χ4n) is 3.21. The van der Waals surface area contributed by atoms with E-state index in [0.717, 1.165) is 47.4 Å². The topological polar surface area (TPSA) is 103 Å². The lowest BCUT2D eigenvalue weighted by Gasteiger charge is -2.16. The van der Waals surface area contributed by atoms with E-state index in [1.54, 1.807) is 18.3 Å². The summed E-state index contributed by atoms with van der Waals surface area (Å²) in [5.74, 6) is 0.106. The van der Waals surface area contributed by atoms with E-state index in [-0.39, 0.29) is 6.04 Å². The van der Waals surface area contributed by atoms with Gasteiger partial charge in [0.25, 0.3) is 5.69 Å². The first-order valence-electron chi connectivity index (χ1n) is 9.93. The first-order valence-corrected chi connectivity index (χ1v) is 11.7. The fourth-order valence-corrected chi connectivity index (χ4v) is 4.85. The van der Waals surface area contributed by atoms with Crippen molar-refractivity contribution in [2.24, 2.45) is 0 Å². The van der Waals surface area contributed by atoms with Crippen LogP contribution in [0.5, 0.6) is 0 Å². The number of nitrogens with one attached hydrogen (secondary N) is 1. The van der Waals surface area contributed by atoms with Gasteiger partial charge in [0.15, 0.2) is 5.16 Å². The van der Waals surface area contributed by atoms with E-state index in [1.165, 1.54) is 0 Å². The Morgan fingerprint density at radius 1 is 1.36 bits per heavy atom. The van der Waals surface area contributed by atoms with Gasteiger partial charge in [0.1, 0.15) is 5.82 Å². The Morgan fingerprint density at radius 2 is 2.12 bits per heavy atom. The molecule has 174 valence electrons. The number of aromatic nitrogens is 3. The maximum atomic E-state index is 13.4. The van der Waals surface area contributed by atoms with Crippen LogP contribution < -0.4 is 5.32 Å². The molecule has 4 rings (SSSR count). The van der Waals surface area contributed by atoms with Crippen LogP contribution in [0.1, 0.15) is 42.1 Å². The lowest BCUT2D eigenvalue weighted by Crippen LogP contribution is -2.24. The minimum absolute atomic E-state index is 0.249. The van der Waals surface area contributed by atoms with E-state index in [4.69, 9.17) is 0 Å². The van der Waals surface area contributed by atoms with Gasteiger partial charge in [-0.05, 0) is 37.3 Å². The number of thiophene rings is 1. The van der Waals surface area contributed by atoms with Crippen LogP contribution in [0.2, 0.25) is 0 Å². The molecule has 0 radical (unpaired) electrons. The summed E-state index contributed by atoms with van der Waals surface area (Å²) in [6.07, 6.45) is -2.31. The van der Waals surface area contributed by atoms with Crippen LogP contribution >= 0.6 is 23.1 Å². The van der Waals surface area contributed by atoms with Gasteiger partial charge < -0.3 is 9.88 Å². The Labute approximate surface area is 194 Å². The van der Waals surface area contributed by atoms with Gasteiger partial charge in [0.2, 0.25) is 5.91 Å². The van der Waals surface area contributed by atoms with Crippen LogP contribution in [0.25, 0.3) is 0 Å². The molecule has 1 atom stereocenters. The van der Waals surface area contributed by atoms with Gasteiger partial charge in [-0.3, -0.25) is 14.9 Å². The Bertz CT molecular complexity index is 1180. The average Bonchev–Trinajstić information content (AvgIpc) is 3.30. The number of nitro groups is 1. The molecule has 33 heavy (non-hydrogen) atoms. The third-order valence-corrected chi connectivity index (χ3v) is 6.92. The molecule has 3 aromatic rings. The number of carbonyl (C=O) groups excluding carboxylic acids is 1. The molecule has 1 N–H and O–H groups in total. The lowest BCUT2D eigenvalue weighted by molar-refractivity contribution is -0.385. The van der Waals surface area contributed by atoms with Crippen LogP contribution in [-0.4, -0.2) is 30.8 Å². The van der Waals surface area contributed by atoms with Gasteiger partial charge >= 0.3 is 6.18 Å². The zero-order chi connectivity index (χ0) is 23.8. The van der Waals surface area contributed by atoms with E-state index < -0.39 is 39.2 Å². The number of alkyl halides is 3. The predicted molar refractivity (Wildman–Crippen MR) is 117 cm³/mol. The fraction of sp³-hybridized carbons (Fsp3) is 0.350. The molecule has 1 unspecified atom stereocenters. The molecule has 8 nitrogen and oxygen atoms in total. The smallest absolute Gasteiger partial charge is 0.325 e. The largest absolute Gasteiger partial charge is 0.418 e. The Morgan fingerprint density at radius 3 is 2.73 bits per heavy atom. The standard InChI is InChI=1S/C20H18F3N5O3S2/c1-11(18(29)24-16-7-6-13(28(30)31)9-15(16)20(21,22)23)33-19-26-25-17(27(19)12-4-5-12)10-14-3-2-8-32-14/h2-3,6-9,11-12H,4-5,10H2,1H3,(H,24,29). The van der Waals surface area contributed by atoms with Gasteiger partial charge in [-0.25, -0.2) is 0 Å². The van der Waals surface area contributed by atoms with Crippen LogP contribution in [-0.2, 0) is 17.4 Å². The summed E-state index contributed by atoms with van der Waals surface area (Å²) in [6.45, 7) is 1.56. The van der Waals surface area contributed by atoms with E-state index >= 15 is 0 Å². The monoisotopic (exact) mass is 497 g/mol. The normalized spacial score (nSPS) is 14.8. The number of anilines is 1. The van der Waals surface area contributed by atoms with E-state index in [9.17, 15) is 28.1 Å². The molecule has 2 aromatic heterocycles. The number of non-ortho nitro benzene ring substituents is 1. The van der Waals surface area contributed by atoms with Crippen LogP contribution in [0, 0.1) is 10.1 Å². The molecule has 0 bridgehead atoms. The molecule has 0 saturated heterocycles. The van der Waals surface area contributed by atoms with E-state index in [2.05, 4.69) is 15.5 Å². The second kappa shape index (κ2) is 9.14. The average molecular weight is 498 g/mol. The maximum absolute atomic E-state index is 13.4. The Hall–Kier alpha value is -2.93. The van der Waals surface area contributed by atoms with E-state index in [0.29, 0.717) is 17.6 Å². The molecular weight excluding hydrogens is 479 g/mol. The number of hydrogen-bond donors (Lipinski definition) is 1. The molecule has 0 aliphatic heterocycles. The summed E-state index contributed by atoms with van der Waals surface area (Å²) in [6, 6.07) is 6.42. The van der Waals surface area contributed by atoms with Crippen LogP contribution in [0.4, 0.5) is 24.5 Å². The van der Waals surface area contributed by atoms with Crippen molar-refractivity contribution >= 4 is 40.4 Å². The minimum atomic E-state index is -4.87. The van der Waals surface area contributed by atoms with Crippen molar-refractivity contribution in [1.29, 1.82) is 0 Å². The Kier molecular flexibility index (Phi) is 6.43. The SMILES string of the molecule is CC(Sc1nnc(Cc2cccs2)n1C1CC1)C(=O)Nc1ccc([N+](=O)[O-])cc1C(F)(F)F. The highest BCUT2D eigenvalue weighted by Gasteiger charge is 2.36. The van der Waals surface area contributed by atoms with Gasteiger partial charge in [-0.1, -0.05) is 17.8 Å². The summed E-state index contributed by atoms with van der Waals surface area (Å²) in [4.78, 5) is 23.7. The Balaban J connectivity index is 1.51. The summed E-state index contributed by atoms with van der Waals surface area (Å²) >= 11 is 2.72. The zero-order valence-corrected chi connectivity index (χ0v) is 18.8. The maximum Gasteiger partial charge on any atom is 0.418 e. The van der Waals surface area contributed by atoms with Crippen molar-refractivity contribution in [2.75, 3.05) is 5.32 Å². The van der Waals surface area contributed by atoms with E-state index in [1.807, 2.05) is 22.1 Å². The molecular formula is C20H18F3N5O3S2. The van der Waals surface area contributed by atoms with Gasteiger partial charge in [0.05, 0.1) is 21.4 Å². The number of nitrogens with zero attached hydrogens (tertiary/aromatic N) is 4. The third kappa shape index (κ3) is 5.36. The van der Waals surface area contributed by atoms with Crippen LogP contribution in [0.3, 0.4) is 0 Å². The number of nitro benzene ring substituents is 1. The molecule has 1 fully saturated rings. The summed E-state index contributed by atoms with van der Waals surface area (Å²) in [5.41, 5.74) is -2.52. The summed E-state index contributed by atoms with van der Waals surface area (Å²) in [7, 11) is 0. The first-order chi connectivity index (χ1) is 15.6. The predicted octanol–water partition coefficient (Wildman–Crippen LogP) is 5.31. The quantitative estimate of drug-likeness (QED) is 0.257. The number of rotatable bonds is 8. The van der Waals surface area contributed by atoms with Crippen molar-refractivity contribution in [3.05, 3.63) is 62.1 Å². The highest BCUT2D eigenvalue weighted by molar-refractivity contribution is 8.00. The van der Waals surface area contributed by atoms with Crippen LogP contribution in [0.15, 0.2) is 40.9 Å². The molecule has 13 heteroatoms. The zero-order valence-electron chi connectivity index (χ0n) is 17.2. The number of halogens is 3. The van der Waals surface area contributed by atoms with Crippen molar-refractivity contribution in [1.82, 2.24) is 14.8 Å². The molecule has 1 aliphatic rings. The number of amides is 1. The van der Waals surface area contributed by atoms with Crippen molar-refractivity contribution in [3.8, 4) is 0 Å². The summed E-state index contributed by atoms with van der Waals surface area (Å²) in [5, 5.41) is 23.3. The van der Waals surface area contributed by atoms with Crippen molar-refractivity contribution in [2.45, 2.75) is 48.8 Å². The number of hydrogen-bond acceptors (Lipinski definition) is 7. The second-order valence-corrected chi connectivity index (χ2v) is 9.83. The molecule has 0 spiro atoms. The molecule has 2 heterocycles. The highest BCUT2D eigenvalue weighted by atomic mass is 32.2. The molecule has 1 amide bonds. The molecule has 1 aliphatic carbocycles. The van der Waals surface area contributed by atoms with Crippen molar-refractivity contribution in [3.63, 3.8) is 0 Å². The van der Waals surface area contributed by atoms with Gasteiger partial charge in [-0.15, -0.1) is 21.5 Å². The third-order valence-electron chi connectivity index (χ3n) is 4.99. The first kappa shape index (κ1) is 23.2. The highest BCUT2D eigenvalue weighted by Crippen LogP contribution is 2.41. The van der Waals surface area contributed by atoms with Gasteiger partial charge in [-0.2, -0.15) is 13.2 Å².